The maximum Gasteiger partial charge on any atom is 0.269 e. The maximum atomic E-state index is 15.2. The number of nitrogens with one attached hydrogen (secondary N) is 2. The summed E-state index contributed by atoms with van der Waals surface area (Å²) in [6, 6.07) is 29.7. The van der Waals surface area contributed by atoms with Crippen LogP contribution in [0.3, 0.4) is 0 Å². The molecule has 0 bridgehead atoms. The van der Waals surface area contributed by atoms with Gasteiger partial charge in [-0.25, -0.2) is 18.5 Å². The van der Waals surface area contributed by atoms with E-state index in [9.17, 15) is 9.59 Å². The number of benzene rings is 4. The Morgan fingerprint density at radius 1 is 0.939 bits per heavy atom. The fraction of sp³-hybridized carbons (Fsp3) is 0.211. The predicted octanol–water partition coefficient (Wildman–Crippen LogP) is 5.90. The van der Waals surface area contributed by atoms with Crippen LogP contribution in [0.5, 0.6) is 5.88 Å². The van der Waals surface area contributed by atoms with E-state index in [2.05, 4.69) is 39.6 Å². The average molecular weight is 661 g/mol. The molecular weight excluding hydrogens is 626 g/mol. The van der Waals surface area contributed by atoms with Crippen LogP contribution in [0.2, 0.25) is 0 Å². The molecule has 2 unspecified atom stereocenters. The Morgan fingerprint density at radius 3 is 2.39 bits per heavy atom. The van der Waals surface area contributed by atoms with E-state index in [0.717, 1.165) is 19.6 Å². The molecule has 0 saturated heterocycles. The van der Waals surface area contributed by atoms with Gasteiger partial charge in [-0.3, -0.25) is 14.5 Å². The number of amides is 2. The minimum Gasteiger partial charge on any atom is -0.477 e. The maximum absolute atomic E-state index is 15.2. The van der Waals surface area contributed by atoms with E-state index < -0.39 is 29.6 Å². The van der Waals surface area contributed by atoms with Crippen molar-refractivity contribution in [2.75, 3.05) is 25.0 Å². The number of carbonyl (C=O) groups excluding carboxylic acids is 2. The van der Waals surface area contributed by atoms with Crippen molar-refractivity contribution >= 4 is 23.2 Å². The van der Waals surface area contributed by atoms with Gasteiger partial charge in [0, 0.05) is 35.7 Å². The van der Waals surface area contributed by atoms with Crippen LogP contribution in [0.4, 0.5) is 14.5 Å². The van der Waals surface area contributed by atoms with Gasteiger partial charge in [-0.2, -0.15) is 5.10 Å². The summed E-state index contributed by atoms with van der Waals surface area (Å²) in [4.78, 5) is 34.7. The number of halogens is 2. The highest BCUT2D eigenvalue weighted by atomic mass is 19.1. The fourth-order valence-corrected chi connectivity index (χ4v) is 6.30. The number of para-hydroxylation sites is 1. The van der Waals surface area contributed by atoms with Crippen molar-refractivity contribution in [3.05, 3.63) is 137 Å². The van der Waals surface area contributed by atoms with Gasteiger partial charge in [-0.1, -0.05) is 91.9 Å². The first kappa shape index (κ1) is 31.9. The smallest absolute Gasteiger partial charge is 0.269 e. The number of fused-ring (bicyclic) bond motifs is 2. The summed E-state index contributed by atoms with van der Waals surface area (Å²) in [7, 11) is 0. The molecule has 7 rings (SSSR count). The molecule has 248 valence electrons. The Balaban J connectivity index is 1.21. The number of anilines is 1. The van der Waals surface area contributed by atoms with Crippen molar-refractivity contribution in [2.45, 2.75) is 26.2 Å². The Morgan fingerprint density at radius 2 is 1.63 bits per heavy atom. The van der Waals surface area contributed by atoms with Crippen LogP contribution in [-0.4, -0.2) is 58.1 Å². The molecule has 4 aromatic carbocycles. The van der Waals surface area contributed by atoms with E-state index in [4.69, 9.17) is 9.84 Å². The molecule has 1 aromatic heterocycles. The molecule has 0 fully saturated rings. The summed E-state index contributed by atoms with van der Waals surface area (Å²) < 4.78 is 38.1. The molecule has 11 heteroatoms. The first-order valence-electron chi connectivity index (χ1n) is 16.2. The minimum absolute atomic E-state index is 0.0163. The second-order valence-corrected chi connectivity index (χ2v) is 12.1. The molecule has 2 N–H and O–H groups in total. The highest BCUT2D eigenvalue weighted by molar-refractivity contribution is 6.20. The van der Waals surface area contributed by atoms with E-state index in [1.54, 1.807) is 53.2 Å². The molecule has 2 aliphatic heterocycles. The molecule has 9 nitrogen and oxygen atoms in total. The second kappa shape index (κ2) is 13.8. The molecular formula is C38H34F2N6O3. The number of aliphatic imine (C=N–C) groups is 1. The van der Waals surface area contributed by atoms with Gasteiger partial charge in [0.15, 0.2) is 0 Å². The molecule has 49 heavy (non-hydrogen) atoms. The molecule has 2 amide bonds. The van der Waals surface area contributed by atoms with Crippen LogP contribution >= 0.6 is 0 Å². The molecule has 2 atom stereocenters. The van der Waals surface area contributed by atoms with Crippen molar-refractivity contribution < 1.29 is 23.1 Å². The monoisotopic (exact) mass is 660 g/mol. The Bertz CT molecular complexity index is 2030. The number of hydrogen-bond acceptors (Lipinski definition) is 6. The van der Waals surface area contributed by atoms with Gasteiger partial charge >= 0.3 is 0 Å². The van der Waals surface area contributed by atoms with Crippen molar-refractivity contribution in [3.63, 3.8) is 0 Å². The third kappa shape index (κ3) is 6.57. The summed E-state index contributed by atoms with van der Waals surface area (Å²) in [5.41, 5.74) is 2.66. The normalized spacial score (nSPS) is 16.9. The van der Waals surface area contributed by atoms with E-state index >= 15 is 8.78 Å². The largest absolute Gasteiger partial charge is 0.477 e. The number of ether oxygens (including phenoxy) is 1. The van der Waals surface area contributed by atoms with Crippen molar-refractivity contribution in [1.82, 2.24) is 20.0 Å². The van der Waals surface area contributed by atoms with Crippen LogP contribution < -0.4 is 15.4 Å². The average Bonchev–Trinajstić information content (AvgIpc) is 3.43. The number of aromatic nitrogens is 2. The van der Waals surface area contributed by atoms with Gasteiger partial charge in [-0.05, 0) is 30.3 Å². The van der Waals surface area contributed by atoms with Crippen LogP contribution in [0.15, 0.2) is 108 Å². The standard InChI is InChI=1S/C38H34F2N6O3/c1-2-45(20-24-12-5-3-6-13-24)21-25-22-46-38(49-23-25)31(34(44-46)27-16-9-10-18-29(27)39)36(47)43-35-37(48)42-33-28(17-11-19-30(33)40)32(41-35)26-14-7-4-8-15-26/h3-19,25,35H,2,20-23H2,1H3,(H,42,48)(H,43,47). The minimum atomic E-state index is -1.45. The molecule has 3 heterocycles. The zero-order valence-corrected chi connectivity index (χ0v) is 26.8. The molecule has 5 aromatic rings. The van der Waals surface area contributed by atoms with Gasteiger partial charge in [0.2, 0.25) is 12.0 Å². The summed E-state index contributed by atoms with van der Waals surface area (Å²) in [5, 5.41) is 9.99. The van der Waals surface area contributed by atoms with Crippen LogP contribution in [0, 0.1) is 17.6 Å². The SMILES string of the molecule is CCN(Cc1ccccc1)CC1COc2c(C(=O)NC3N=C(c4ccccc4)c4cccc(F)c4NC3=O)c(-c3ccccc3F)nn2C1. The van der Waals surface area contributed by atoms with Crippen molar-refractivity contribution in [3.8, 4) is 17.1 Å². The van der Waals surface area contributed by atoms with Gasteiger partial charge in [0.05, 0.1) is 24.6 Å². The summed E-state index contributed by atoms with van der Waals surface area (Å²) >= 11 is 0. The van der Waals surface area contributed by atoms with Gasteiger partial charge < -0.3 is 15.4 Å². The zero-order valence-electron chi connectivity index (χ0n) is 26.8. The lowest BCUT2D eigenvalue weighted by Gasteiger charge is -2.30. The lowest BCUT2D eigenvalue weighted by Crippen LogP contribution is -2.43. The zero-order chi connectivity index (χ0) is 33.9. The fourth-order valence-electron chi connectivity index (χ4n) is 6.30. The van der Waals surface area contributed by atoms with Crippen LogP contribution in [0.25, 0.3) is 11.3 Å². The van der Waals surface area contributed by atoms with Crippen LogP contribution in [0.1, 0.15) is 34.0 Å². The number of nitrogens with zero attached hydrogens (tertiary/aromatic N) is 4. The van der Waals surface area contributed by atoms with E-state index in [1.165, 1.54) is 23.8 Å². The van der Waals surface area contributed by atoms with E-state index in [0.29, 0.717) is 30.0 Å². The molecule has 0 spiro atoms. The number of benzodiazepines with no additional fused rings is 1. The predicted molar refractivity (Wildman–Crippen MR) is 182 cm³/mol. The van der Waals surface area contributed by atoms with Crippen molar-refractivity contribution in [2.24, 2.45) is 10.9 Å². The first-order chi connectivity index (χ1) is 23.9. The highest BCUT2D eigenvalue weighted by Gasteiger charge is 2.35. The lowest BCUT2D eigenvalue weighted by atomic mass is 10.0. The molecule has 0 saturated carbocycles. The van der Waals surface area contributed by atoms with E-state index in [-0.39, 0.29) is 34.3 Å². The lowest BCUT2D eigenvalue weighted by molar-refractivity contribution is -0.117. The molecule has 0 aliphatic carbocycles. The van der Waals surface area contributed by atoms with Crippen molar-refractivity contribution in [1.29, 1.82) is 0 Å². The van der Waals surface area contributed by atoms with Gasteiger partial charge in [0.25, 0.3) is 11.8 Å². The molecule has 0 radical (unpaired) electrons. The Labute approximate surface area is 282 Å². The summed E-state index contributed by atoms with van der Waals surface area (Å²) in [5.74, 6) is -2.46. The topological polar surface area (TPSA) is 101 Å². The molecule has 2 aliphatic rings. The number of rotatable bonds is 9. The number of carbonyl (C=O) groups is 2. The third-order valence-corrected chi connectivity index (χ3v) is 8.70. The first-order valence-corrected chi connectivity index (χ1v) is 16.2. The van der Waals surface area contributed by atoms with Gasteiger partial charge in [-0.15, -0.1) is 0 Å². The quantitative estimate of drug-likeness (QED) is 0.205. The summed E-state index contributed by atoms with van der Waals surface area (Å²) in [6.45, 7) is 5.17. The van der Waals surface area contributed by atoms with Crippen LogP contribution in [-0.2, 0) is 17.9 Å². The summed E-state index contributed by atoms with van der Waals surface area (Å²) in [6.07, 6.45) is -1.45. The number of hydrogen-bond donors (Lipinski definition) is 2. The van der Waals surface area contributed by atoms with Gasteiger partial charge in [0.1, 0.15) is 22.9 Å². The second-order valence-electron chi connectivity index (χ2n) is 12.1. The Hall–Kier alpha value is -5.68. The Kier molecular flexibility index (Phi) is 8.99. The highest BCUT2D eigenvalue weighted by Crippen LogP contribution is 2.35. The third-order valence-electron chi connectivity index (χ3n) is 8.70. The van der Waals surface area contributed by atoms with E-state index in [1.807, 2.05) is 24.3 Å².